The van der Waals surface area contributed by atoms with Crippen LogP contribution in [-0.2, 0) is 6.42 Å². The molecule has 0 spiro atoms. The topological polar surface area (TPSA) is 24.4 Å². The molecule has 1 N–H and O–H groups in total. The highest BCUT2D eigenvalue weighted by molar-refractivity contribution is 8.13. The number of rotatable bonds is 3. The number of hydrogen-bond acceptors (Lipinski definition) is 3. The Bertz CT molecular complexity index is 375. The van der Waals surface area contributed by atoms with E-state index >= 15 is 0 Å². The normalized spacial score (nSPS) is 21.8. The van der Waals surface area contributed by atoms with E-state index in [9.17, 15) is 0 Å². The Labute approximate surface area is 108 Å². The standard InChI is InChI=1S/C14H20N2S/c1-11-8-9-17-14(15-11)16-12(2)10-13-6-4-3-5-7-13/h3-7,11-12H,8-10H2,1-2H3,(H,15,16). The quantitative estimate of drug-likeness (QED) is 0.889. The molecule has 2 rings (SSSR count). The summed E-state index contributed by atoms with van der Waals surface area (Å²) >= 11 is 1.84. The van der Waals surface area contributed by atoms with Crippen molar-refractivity contribution in [2.45, 2.75) is 38.8 Å². The van der Waals surface area contributed by atoms with Gasteiger partial charge >= 0.3 is 0 Å². The molecular formula is C14H20N2S. The van der Waals surface area contributed by atoms with Crippen molar-refractivity contribution in [1.82, 2.24) is 5.32 Å². The number of benzene rings is 1. The highest BCUT2D eigenvalue weighted by atomic mass is 32.2. The minimum atomic E-state index is 0.439. The maximum absolute atomic E-state index is 4.63. The van der Waals surface area contributed by atoms with Gasteiger partial charge in [-0.1, -0.05) is 42.1 Å². The highest BCUT2D eigenvalue weighted by Crippen LogP contribution is 2.16. The number of thioether (sulfide) groups is 1. The van der Waals surface area contributed by atoms with Gasteiger partial charge in [-0.15, -0.1) is 0 Å². The first-order valence-corrected chi connectivity index (χ1v) is 7.23. The molecule has 0 aromatic heterocycles. The van der Waals surface area contributed by atoms with E-state index < -0.39 is 0 Å². The van der Waals surface area contributed by atoms with Crippen LogP contribution in [0.3, 0.4) is 0 Å². The number of hydrogen-bond donors (Lipinski definition) is 1. The molecule has 0 bridgehead atoms. The van der Waals surface area contributed by atoms with Crippen LogP contribution in [0.15, 0.2) is 35.3 Å². The zero-order chi connectivity index (χ0) is 12.1. The van der Waals surface area contributed by atoms with Gasteiger partial charge in [-0.3, -0.25) is 4.99 Å². The molecule has 1 aliphatic heterocycles. The Kier molecular flexibility index (Phi) is 4.49. The molecule has 1 heterocycles. The van der Waals surface area contributed by atoms with Gasteiger partial charge in [0.25, 0.3) is 0 Å². The SMILES string of the molecule is CC1CCSC(NC(C)Cc2ccccc2)=N1. The maximum Gasteiger partial charge on any atom is 0.157 e. The van der Waals surface area contributed by atoms with E-state index in [0.717, 1.165) is 11.6 Å². The fourth-order valence-corrected chi connectivity index (χ4v) is 3.13. The van der Waals surface area contributed by atoms with Gasteiger partial charge in [-0.05, 0) is 32.3 Å². The Morgan fingerprint density at radius 2 is 2.18 bits per heavy atom. The summed E-state index contributed by atoms with van der Waals surface area (Å²) < 4.78 is 0. The minimum Gasteiger partial charge on any atom is -0.362 e. The van der Waals surface area contributed by atoms with Gasteiger partial charge in [0.1, 0.15) is 0 Å². The third-order valence-electron chi connectivity index (χ3n) is 2.87. The summed E-state index contributed by atoms with van der Waals surface area (Å²) in [5, 5.41) is 4.63. The molecular weight excluding hydrogens is 228 g/mol. The maximum atomic E-state index is 4.63. The number of aliphatic imine (C=N–C) groups is 1. The van der Waals surface area contributed by atoms with E-state index in [2.05, 4.69) is 54.5 Å². The predicted molar refractivity (Wildman–Crippen MR) is 76.7 cm³/mol. The minimum absolute atomic E-state index is 0.439. The van der Waals surface area contributed by atoms with E-state index in [0.29, 0.717) is 12.1 Å². The lowest BCUT2D eigenvalue weighted by atomic mass is 10.1. The Balaban J connectivity index is 1.87. The molecule has 1 aliphatic rings. The van der Waals surface area contributed by atoms with Gasteiger partial charge in [-0.25, -0.2) is 0 Å². The van der Waals surface area contributed by atoms with Crippen LogP contribution in [0.25, 0.3) is 0 Å². The van der Waals surface area contributed by atoms with Crippen LogP contribution in [-0.4, -0.2) is 23.0 Å². The van der Waals surface area contributed by atoms with Crippen LogP contribution in [0, 0.1) is 0 Å². The average Bonchev–Trinajstić information content (AvgIpc) is 2.30. The van der Waals surface area contributed by atoms with Gasteiger partial charge in [0, 0.05) is 11.8 Å². The van der Waals surface area contributed by atoms with Gasteiger partial charge in [0.2, 0.25) is 0 Å². The molecule has 1 aromatic carbocycles. The molecule has 17 heavy (non-hydrogen) atoms. The summed E-state index contributed by atoms with van der Waals surface area (Å²) in [5.41, 5.74) is 1.38. The molecule has 0 aliphatic carbocycles. The zero-order valence-electron chi connectivity index (χ0n) is 10.5. The Morgan fingerprint density at radius 1 is 1.41 bits per heavy atom. The summed E-state index contributed by atoms with van der Waals surface area (Å²) in [7, 11) is 0. The van der Waals surface area contributed by atoms with Gasteiger partial charge < -0.3 is 5.32 Å². The van der Waals surface area contributed by atoms with Crippen LogP contribution < -0.4 is 5.32 Å². The van der Waals surface area contributed by atoms with Crippen LogP contribution in [0.5, 0.6) is 0 Å². The predicted octanol–water partition coefficient (Wildman–Crippen LogP) is 3.09. The van der Waals surface area contributed by atoms with Gasteiger partial charge in [0.15, 0.2) is 5.17 Å². The molecule has 2 unspecified atom stereocenters. The van der Waals surface area contributed by atoms with Crippen molar-refractivity contribution in [1.29, 1.82) is 0 Å². The monoisotopic (exact) mass is 248 g/mol. The molecule has 0 amide bonds. The van der Waals surface area contributed by atoms with E-state index in [4.69, 9.17) is 0 Å². The average molecular weight is 248 g/mol. The molecule has 0 saturated heterocycles. The summed E-state index contributed by atoms with van der Waals surface area (Å²) in [6, 6.07) is 11.5. The lowest BCUT2D eigenvalue weighted by Crippen LogP contribution is -2.34. The summed E-state index contributed by atoms with van der Waals surface area (Å²) in [6.45, 7) is 4.40. The molecule has 2 nitrogen and oxygen atoms in total. The smallest absolute Gasteiger partial charge is 0.157 e. The van der Waals surface area contributed by atoms with E-state index in [1.165, 1.54) is 17.7 Å². The first kappa shape index (κ1) is 12.5. The molecule has 3 heteroatoms. The van der Waals surface area contributed by atoms with Crippen LogP contribution in [0.1, 0.15) is 25.8 Å². The van der Waals surface area contributed by atoms with Crippen LogP contribution >= 0.6 is 11.8 Å². The van der Waals surface area contributed by atoms with Crippen LogP contribution in [0.2, 0.25) is 0 Å². The van der Waals surface area contributed by atoms with Crippen molar-refractivity contribution < 1.29 is 0 Å². The summed E-state index contributed by atoms with van der Waals surface area (Å²) in [5.74, 6) is 1.19. The van der Waals surface area contributed by atoms with E-state index in [1.807, 2.05) is 11.8 Å². The molecule has 0 fully saturated rings. The summed E-state index contributed by atoms with van der Waals surface area (Å²) in [6.07, 6.45) is 2.25. The largest absolute Gasteiger partial charge is 0.362 e. The van der Waals surface area contributed by atoms with Crippen molar-refractivity contribution in [3.05, 3.63) is 35.9 Å². The van der Waals surface area contributed by atoms with Gasteiger partial charge in [0.05, 0.1) is 6.04 Å². The molecule has 0 radical (unpaired) electrons. The fraction of sp³-hybridized carbons (Fsp3) is 0.500. The lowest BCUT2D eigenvalue weighted by Gasteiger charge is -2.21. The third kappa shape index (κ3) is 4.08. The lowest BCUT2D eigenvalue weighted by molar-refractivity contribution is 0.649. The van der Waals surface area contributed by atoms with Crippen molar-refractivity contribution >= 4 is 16.9 Å². The first-order valence-electron chi connectivity index (χ1n) is 6.25. The van der Waals surface area contributed by atoms with Gasteiger partial charge in [-0.2, -0.15) is 0 Å². The second-order valence-electron chi connectivity index (χ2n) is 4.66. The second-order valence-corrected chi connectivity index (χ2v) is 5.74. The molecule has 92 valence electrons. The molecule has 2 atom stereocenters. The third-order valence-corrected chi connectivity index (χ3v) is 3.80. The second kappa shape index (κ2) is 6.10. The van der Waals surface area contributed by atoms with E-state index in [-0.39, 0.29) is 0 Å². The first-order chi connectivity index (χ1) is 8.24. The summed E-state index contributed by atoms with van der Waals surface area (Å²) in [4.78, 5) is 4.63. The zero-order valence-corrected chi connectivity index (χ0v) is 11.3. The van der Waals surface area contributed by atoms with E-state index in [1.54, 1.807) is 0 Å². The van der Waals surface area contributed by atoms with Crippen LogP contribution in [0.4, 0.5) is 0 Å². The molecule has 1 aromatic rings. The number of nitrogens with zero attached hydrogens (tertiary/aromatic N) is 1. The highest BCUT2D eigenvalue weighted by Gasteiger charge is 2.13. The number of nitrogens with one attached hydrogen (secondary N) is 1. The Hall–Kier alpha value is -0.960. The van der Waals surface area contributed by atoms with Crippen molar-refractivity contribution in [3.63, 3.8) is 0 Å². The van der Waals surface area contributed by atoms with Crippen molar-refractivity contribution in [2.75, 3.05) is 5.75 Å². The fourth-order valence-electron chi connectivity index (χ4n) is 1.94. The van der Waals surface area contributed by atoms with Crippen molar-refractivity contribution in [2.24, 2.45) is 4.99 Å². The Morgan fingerprint density at radius 3 is 2.88 bits per heavy atom. The molecule has 0 saturated carbocycles. The number of amidine groups is 1. The van der Waals surface area contributed by atoms with Crippen molar-refractivity contribution in [3.8, 4) is 0 Å².